The van der Waals surface area contributed by atoms with Crippen molar-refractivity contribution < 1.29 is 4.74 Å². The summed E-state index contributed by atoms with van der Waals surface area (Å²) < 4.78 is 5.24. The third-order valence-electron chi connectivity index (χ3n) is 3.19. The number of rotatable bonds is 6. The van der Waals surface area contributed by atoms with Crippen molar-refractivity contribution in [3.05, 3.63) is 51.7 Å². The molecule has 2 nitrogen and oxygen atoms in total. The van der Waals surface area contributed by atoms with Gasteiger partial charge in [0.15, 0.2) is 0 Å². The molecule has 0 amide bonds. The first-order valence-electron chi connectivity index (χ1n) is 6.61. The van der Waals surface area contributed by atoms with E-state index in [1.807, 2.05) is 23.5 Å². The van der Waals surface area contributed by atoms with Gasteiger partial charge in [0, 0.05) is 15.8 Å². The van der Waals surface area contributed by atoms with E-state index in [0.29, 0.717) is 6.04 Å². The number of aryl methyl sites for hydroxylation is 1. The second-order valence-electron chi connectivity index (χ2n) is 4.73. The molecule has 102 valence electrons. The second-order valence-corrected chi connectivity index (χ2v) is 6.05. The Balaban J connectivity index is 1.82. The van der Waals surface area contributed by atoms with Crippen LogP contribution in [0, 0.1) is 6.92 Å². The molecular weight excluding hydrogens is 254 g/mol. The smallest absolute Gasteiger partial charge is 0.119 e. The summed E-state index contributed by atoms with van der Waals surface area (Å²) in [6.45, 7) is 5.35. The maximum atomic E-state index is 5.24. The first kappa shape index (κ1) is 14.1. The van der Waals surface area contributed by atoms with Crippen LogP contribution in [0.15, 0.2) is 36.4 Å². The van der Waals surface area contributed by atoms with E-state index in [2.05, 4.69) is 43.4 Å². The molecule has 19 heavy (non-hydrogen) atoms. The maximum absolute atomic E-state index is 5.24. The van der Waals surface area contributed by atoms with E-state index in [4.69, 9.17) is 4.74 Å². The monoisotopic (exact) mass is 275 g/mol. The van der Waals surface area contributed by atoms with Crippen molar-refractivity contribution in [2.75, 3.05) is 13.7 Å². The second kappa shape index (κ2) is 6.73. The highest BCUT2D eigenvalue weighted by Gasteiger charge is 2.06. The lowest BCUT2D eigenvalue weighted by Crippen LogP contribution is -2.20. The molecule has 0 bridgehead atoms. The Morgan fingerprint density at radius 3 is 2.79 bits per heavy atom. The van der Waals surface area contributed by atoms with E-state index in [0.717, 1.165) is 18.7 Å². The van der Waals surface area contributed by atoms with Gasteiger partial charge in [-0.1, -0.05) is 12.1 Å². The molecule has 0 saturated heterocycles. The molecule has 1 unspecified atom stereocenters. The highest BCUT2D eigenvalue weighted by atomic mass is 32.1. The summed E-state index contributed by atoms with van der Waals surface area (Å²) in [6.07, 6.45) is 1.02. The third kappa shape index (κ3) is 4.08. The quantitative estimate of drug-likeness (QED) is 0.861. The predicted octanol–water partition coefficient (Wildman–Crippen LogP) is 3.96. The number of methoxy groups -OCH3 is 1. The SMILES string of the molecule is COc1cccc(CCNC(C)c2ccc(C)s2)c1. The minimum Gasteiger partial charge on any atom is -0.497 e. The minimum atomic E-state index is 0.421. The standard InChI is InChI=1S/C16H21NOS/c1-12-7-8-16(19-12)13(2)17-10-9-14-5-4-6-15(11-14)18-3/h4-8,11,13,17H,9-10H2,1-3H3. The molecule has 0 saturated carbocycles. The van der Waals surface area contributed by atoms with Crippen molar-refractivity contribution in [1.29, 1.82) is 0 Å². The van der Waals surface area contributed by atoms with Crippen molar-refractivity contribution in [2.45, 2.75) is 26.3 Å². The topological polar surface area (TPSA) is 21.3 Å². The lowest BCUT2D eigenvalue weighted by molar-refractivity contribution is 0.414. The van der Waals surface area contributed by atoms with Crippen LogP contribution in [-0.2, 0) is 6.42 Å². The zero-order valence-electron chi connectivity index (χ0n) is 11.8. The van der Waals surface area contributed by atoms with Crippen LogP contribution >= 0.6 is 11.3 Å². The third-order valence-corrected chi connectivity index (χ3v) is 4.37. The van der Waals surface area contributed by atoms with E-state index in [1.54, 1.807) is 7.11 Å². The summed E-state index contributed by atoms with van der Waals surface area (Å²) in [7, 11) is 1.71. The van der Waals surface area contributed by atoms with Gasteiger partial charge in [-0.15, -0.1) is 11.3 Å². The Hall–Kier alpha value is -1.32. The van der Waals surface area contributed by atoms with E-state index in [-0.39, 0.29) is 0 Å². The molecule has 0 radical (unpaired) electrons. The van der Waals surface area contributed by atoms with Gasteiger partial charge in [0.05, 0.1) is 7.11 Å². The van der Waals surface area contributed by atoms with Crippen LogP contribution in [0.1, 0.15) is 28.3 Å². The van der Waals surface area contributed by atoms with E-state index in [1.165, 1.54) is 15.3 Å². The van der Waals surface area contributed by atoms with Crippen LogP contribution in [-0.4, -0.2) is 13.7 Å². The zero-order valence-corrected chi connectivity index (χ0v) is 12.6. The van der Waals surface area contributed by atoms with Crippen molar-refractivity contribution in [3.8, 4) is 5.75 Å². The lowest BCUT2D eigenvalue weighted by atomic mass is 10.1. The molecule has 0 aliphatic carbocycles. The first-order chi connectivity index (χ1) is 9.19. The fraction of sp³-hybridized carbons (Fsp3) is 0.375. The van der Waals surface area contributed by atoms with Crippen LogP contribution in [0.3, 0.4) is 0 Å². The number of thiophene rings is 1. The summed E-state index contributed by atoms with van der Waals surface area (Å²) in [5, 5.41) is 3.57. The normalized spacial score (nSPS) is 12.4. The summed E-state index contributed by atoms with van der Waals surface area (Å²) in [5.74, 6) is 0.930. The lowest BCUT2D eigenvalue weighted by Gasteiger charge is -2.12. The molecule has 1 heterocycles. The van der Waals surface area contributed by atoms with Gasteiger partial charge in [-0.3, -0.25) is 0 Å². The molecule has 0 aliphatic rings. The Labute approximate surface area is 119 Å². The molecular formula is C16H21NOS. The molecule has 0 spiro atoms. The molecule has 2 rings (SSSR count). The van der Waals surface area contributed by atoms with Gasteiger partial charge in [0.2, 0.25) is 0 Å². The Kier molecular flexibility index (Phi) is 5.00. The average molecular weight is 275 g/mol. The van der Waals surface area contributed by atoms with E-state index in [9.17, 15) is 0 Å². The number of hydrogen-bond donors (Lipinski definition) is 1. The molecule has 3 heteroatoms. The largest absolute Gasteiger partial charge is 0.497 e. The summed E-state index contributed by atoms with van der Waals surface area (Å²) in [5.41, 5.74) is 1.31. The Morgan fingerprint density at radius 1 is 1.26 bits per heavy atom. The first-order valence-corrected chi connectivity index (χ1v) is 7.43. The number of ether oxygens (including phenoxy) is 1. The minimum absolute atomic E-state index is 0.421. The fourth-order valence-corrected chi connectivity index (χ4v) is 2.95. The average Bonchev–Trinajstić information content (AvgIpc) is 2.86. The molecule has 0 aliphatic heterocycles. The highest BCUT2D eigenvalue weighted by Crippen LogP contribution is 2.22. The maximum Gasteiger partial charge on any atom is 0.119 e. The van der Waals surface area contributed by atoms with Crippen LogP contribution in [0.5, 0.6) is 5.75 Å². The van der Waals surface area contributed by atoms with Gasteiger partial charge in [-0.25, -0.2) is 0 Å². The van der Waals surface area contributed by atoms with Crippen LogP contribution in [0.4, 0.5) is 0 Å². The number of hydrogen-bond acceptors (Lipinski definition) is 3. The van der Waals surface area contributed by atoms with Gasteiger partial charge in [0.1, 0.15) is 5.75 Å². The van der Waals surface area contributed by atoms with E-state index >= 15 is 0 Å². The molecule has 1 N–H and O–H groups in total. The fourth-order valence-electron chi connectivity index (χ4n) is 2.05. The van der Waals surface area contributed by atoms with Crippen LogP contribution in [0.2, 0.25) is 0 Å². The molecule has 2 aromatic rings. The number of benzene rings is 1. The molecule has 0 fully saturated rings. The molecule has 1 atom stereocenters. The van der Waals surface area contributed by atoms with Crippen LogP contribution in [0.25, 0.3) is 0 Å². The predicted molar refractivity (Wildman–Crippen MR) is 82.2 cm³/mol. The zero-order chi connectivity index (χ0) is 13.7. The van der Waals surface area contributed by atoms with Crippen molar-refractivity contribution in [2.24, 2.45) is 0 Å². The summed E-state index contributed by atoms with van der Waals surface area (Å²) >= 11 is 1.87. The van der Waals surface area contributed by atoms with Gasteiger partial charge >= 0.3 is 0 Å². The molecule has 1 aromatic heterocycles. The van der Waals surface area contributed by atoms with Gasteiger partial charge < -0.3 is 10.1 Å². The van der Waals surface area contributed by atoms with Crippen LogP contribution < -0.4 is 10.1 Å². The van der Waals surface area contributed by atoms with Crippen molar-refractivity contribution in [1.82, 2.24) is 5.32 Å². The summed E-state index contributed by atoms with van der Waals surface area (Å²) in [6, 6.07) is 13.1. The molecule has 1 aromatic carbocycles. The van der Waals surface area contributed by atoms with Gasteiger partial charge in [0.25, 0.3) is 0 Å². The Morgan fingerprint density at radius 2 is 2.11 bits per heavy atom. The van der Waals surface area contributed by atoms with Gasteiger partial charge in [-0.05, 0) is 56.6 Å². The van der Waals surface area contributed by atoms with E-state index < -0.39 is 0 Å². The highest BCUT2D eigenvalue weighted by molar-refractivity contribution is 7.12. The van der Waals surface area contributed by atoms with Gasteiger partial charge in [-0.2, -0.15) is 0 Å². The van der Waals surface area contributed by atoms with Crippen molar-refractivity contribution >= 4 is 11.3 Å². The Bertz CT molecular complexity index is 521. The number of nitrogens with one attached hydrogen (secondary N) is 1. The van der Waals surface area contributed by atoms with Crippen molar-refractivity contribution in [3.63, 3.8) is 0 Å². The summed E-state index contributed by atoms with van der Waals surface area (Å²) in [4.78, 5) is 2.78.